The number of allylic oxidation sites excluding steroid dienone is 1. The van der Waals surface area contributed by atoms with Crippen LogP contribution in [-0.4, -0.2) is 11.1 Å². The molecule has 14 heavy (non-hydrogen) atoms. The van der Waals surface area contributed by atoms with Crippen molar-refractivity contribution in [3.05, 3.63) is 41.5 Å². The first-order chi connectivity index (χ1) is 6.50. The summed E-state index contributed by atoms with van der Waals surface area (Å²) in [6.07, 6.45) is 0.937. The van der Waals surface area contributed by atoms with Crippen LogP contribution in [0.2, 0.25) is 0 Å². The maximum atomic E-state index is 12.7. The van der Waals surface area contributed by atoms with Crippen molar-refractivity contribution < 1.29 is 18.7 Å². The van der Waals surface area contributed by atoms with Crippen molar-refractivity contribution in [3.63, 3.8) is 0 Å². The molecule has 0 aromatic heterocycles. The van der Waals surface area contributed by atoms with Gasteiger partial charge in [0.05, 0.1) is 0 Å². The smallest absolute Gasteiger partial charge is 0.328 e. The van der Waals surface area contributed by atoms with E-state index in [0.29, 0.717) is 11.1 Å². The number of hydrogen-bond acceptors (Lipinski definition) is 1. The second-order valence-corrected chi connectivity index (χ2v) is 2.79. The van der Waals surface area contributed by atoms with Crippen molar-refractivity contribution in [2.75, 3.05) is 0 Å². The Hall–Kier alpha value is -1.71. The molecule has 1 rings (SSSR count). The van der Waals surface area contributed by atoms with Crippen LogP contribution in [0.4, 0.5) is 8.78 Å². The van der Waals surface area contributed by atoms with Gasteiger partial charge in [0.2, 0.25) is 0 Å². The van der Waals surface area contributed by atoms with Crippen LogP contribution in [0.3, 0.4) is 0 Å². The number of hydrogen-bond donors (Lipinski definition) is 1. The van der Waals surface area contributed by atoms with Crippen molar-refractivity contribution >= 4 is 11.5 Å². The molecule has 0 aliphatic heterocycles. The average Bonchev–Trinajstić information content (AvgIpc) is 2.08. The Balaban J connectivity index is 3.09. The van der Waals surface area contributed by atoms with Crippen LogP contribution in [0.5, 0.6) is 0 Å². The molecule has 4 heteroatoms. The highest BCUT2D eigenvalue weighted by Gasteiger charge is 2.04. The van der Waals surface area contributed by atoms with Crippen LogP contribution in [0.1, 0.15) is 12.5 Å². The Labute approximate surface area is 79.5 Å². The maximum absolute atomic E-state index is 12.7. The van der Waals surface area contributed by atoms with Crippen molar-refractivity contribution in [2.45, 2.75) is 6.92 Å². The zero-order chi connectivity index (χ0) is 10.7. The zero-order valence-corrected chi connectivity index (χ0v) is 7.42. The minimum atomic E-state index is -1.12. The van der Waals surface area contributed by atoms with E-state index in [1.54, 1.807) is 0 Å². The summed E-state index contributed by atoms with van der Waals surface area (Å²) in [5.74, 6) is -3.05. The molecule has 1 N–H and O–H groups in total. The van der Waals surface area contributed by atoms with Crippen LogP contribution in [0.15, 0.2) is 24.3 Å². The summed E-state index contributed by atoms with van der Waals surface area (Å²) in [7, 11) is 0. The molecule has 0 atom stereocenters. The summed E-state index contributed by atoms with van der Waals surface area (Å²) >= 11 is 0. The fourth-order valence-electron chi connectivity index (χ4n) is 1.01. The van der Waals surface area contributed by atoms with Crippen LogP contribution in [0.25, 0.3) is 5.57 Å². The van der Waals surface area contributed by atoms with E-state index in [-0.39, 0.29) is 0 Å². The first-order valence-corrected chi connectivity index (χ1v) is 3.87. The minimum Gasteiger partial charge on any atom is -0.478 e. The van der Waals surface area contributed by atoms with Gasteiger partial charge in [-0.05, 0) is 30.2 Å². The van der Waals surface area contributed by atoms with E-state index in [1.807, 2.05) is 0 Å². The molecule has 0 aliphatic rings. The van der Waals surface area contributed by atoms with Crippen LogP contribution in [0, 0.1) is 11.6 Å². The minimum absolute atomic E-state index is 0.353. The van der Waals surface area contributed by atoms with Gasteiger partial charge in [0.1, 0.15) is 0 Å². The van der Waals surface area contributed by atoms with Gasteiger partial charge in [-0.2, -0.15) is 0 Å². The second-order valence-electron chi connectivity index (χ2n) is 2.79. The summed E-state index contributed by atoms with van der Waals surface area (Å²) in [5.41, 5.74) is 0.725. The van der Waals surface area contributed by atoms with E-state index in [9.17, 15) is 13.6 Å². The standard InChI is InChI=1S/C10H8F2O2/c1-6(4-10(13)14)7-2-3-8(11)9(12)5-7/h2-5H,1H3,(H,13,14). The highest BCUT2D eigenvalue weighted by atomic mass is 19.2. The Morgan fingerprint density at radius 1 is 1.36 bits per heavy atom. The van der Waals surface area contributed by atoms with Crippen molar-refractivity contribution in [1.82, 2.24) is 0 Å². The van der Waals surface area contributed by atoms with E-state index >= 15 is 0 Å². The van der Waals surface area contributed by atoms with Gasteiger partial charge in [-0.1, -0.05) is 6.07 Å². The number of aliphatic carboxylic acids is 1. The third kappa shape index (κ3) is 2.39. The largest absolute Gasteiger partial charge is 0.478 e. The van der Waals surface area contributed by atoms with E-state index in [2.05, 4.69) is 0 Å². The maximum Gasteiger partial charge on any atom is 0.328 e. The number of carbonyl (C=O) groups is 1. The van der Waals surface area contributed by atoms with Gasteiger partial charge in [0, 0.05) is 6.08 Å². The SMILES string of the molecule is CC(=CC(=O)O)c1ccc(F)c(F)c1. The van der Waals surface area contributed by atoms with Crippen LogP contribution < -0.4 is 0 Å². The predicted molar refractivity (Wildman–Crippen MR) is 47.6 cm³/mol. The lowest BCUT2D eigenvalue weighted by atomic mass is 10.1. The molecule has 0 heterocycles. The Bertz CT molecular complexity index is 397. The molecule has 0 saturated heterocycles. The Morgan fingerprint density at radius 2 is 2.00 bits per heavy atom. The first-order valence-electron chi connectivity index (χ1n) is 3.87. The molecule has 0 aliphatic carbocycles. The fourth-order valence-corrected chi connectivity index (χ4v) is 1.01. The second kappa shape index (κ2) is 4.00. The van der Waals surface area contributed by atoms with Crippen molar-refractivity contribution in [2.24, 2.45) is 0 Å². The Kier molecular flexibility index (Phi) is 2.96. The highest BCUT2D eigenvalue weighted by Crippen LogP contribution is 2.16. The van der Waals surface area contributed by atoms with Gasteiger partial charge in [0.25, 0.3) is 0 Å². The zero-order valence-electron chi connectivity index (χ0n) is 7.42. The lowest BCUT2D eigenvalue weighted by Crippen LogP contribution is -1.91. The molecule has 0 saturated carbocycles. The van der Waals surface area contributed by atoms with Gasteiger partial charge < -0.3 is 5.11 Å². The molecule has 74 valence electrons. The molecule has 0 spiro atoms. The molecule has 0 fully saturated rings. The number of carboxylic acid groups (broad SMARTS) is 1. The topological polar surface area (TPSA) is 37.3 Å². The molecular weight excluding hydrogens is 190 g/mol. The number of benzene rings is 1. The van der Waals surface area contributed by atoms with Gasteiger partial charge in [0.15, 0.2) is 11.6 Å². The fraction of sp³-hybridized carbons (Fsp3) is 0.100. The molecule has 0 bridgehead atoms. The molecular formula is C10H8F2O2. The monoisotopic (exact) mass is 198 g/mol. The van der Waals surface area contributed by atoms with Gasteiger partial charge in [-0.15, -0.1) is 0 Å². The quantitative estimate of drug-likeness (QED) is 0.741. The van der Waals surface area contributed by atoms with E-state index in [0.717, 1.165) is 18.2 Å². The summed E-state index contributed by atoms with van der Waals surface area (Å²) in [4.78, 5) is 10.3. The lowest BCUT2D eigenvalue weighted by molar-refractivity contribution is -0.131. The molecule has 1 aromatic carbocycles. The van der Waals surface area contributed by atoms with E-state index in [4.69, 9.17) is 5.11 Å². The van der Waals surface area contributed by atoms with Gasteiger partial charge in [-0.25, -0.2) is 13.6 Å². The average molecular weight is 198 g/mol. The molecule has 0 radical (unpaired) electrons. The first kappa shape index (κ1) is 10.4. The van der Waals surface area contributed by atoms with Crippen LogP contribution in [-0.2, 0) is 4.79 Å². The summed E-state index contributed by atoms with van der Waals surface area (Å²) in [5, 5.41) is 8.42. The summed E-state index contributed by atoms with van der Waals surface area (Å²) in [6.45, 7) is 1.51. The molecule has 0 unspecified atom stereocenters. The van der Waals surface area contributed by atoms with Crippen molar-refractivity contribution in [1.29, 1.82) is 0 Å². The number of carboxylic acids is 1. The summed E-state index contributed by atoms with van der Waals surface area (Å²) < 4.78 is 25.2. The third-order valence-corrected chi connectivity index (χ3v) is 1.71. The van der Waals surface area contributed by atoms with E-state index < -0.39 is 17.6 Å². The van der Waals surface area contributed by atoms with Crippen molar-refractivity contribution in [3.8, 4) is 0 Å². The molecule has 1 aromatic rings. The Morgan fingerprint density at radius 3 is 2.50 bits per heavy atom. The predicted octanol–water partition coefficient (Wildman–Crippen LogP) is 2.45. The third-order valence-electron chi connectivity index (χ3n) is 1.71. The lowest BCUT2D eigenvalue weighted by Gasteiger charge is -2.00. The highest BCUT2D eigenvalue weighted by molar-refractivity contribution is 5.89. The number of halogens is 2. The molecule has 0 amide bonds. The van der Waals surface area contributed by atoms with Gasteiger partial charge in [-0.3, -0.25) is 0 Å². The molecule has 2 nitrogen and oxygen atoms in total. The summed E-state index contributed by atoms with van der Waals surface area (Å²) in [6, 6.07) is 3.25. The number of rotatable bonds is 2. The van der Waals surface area contributed by atoms with Gasteiger partial charge >= 0.3 is 5.97 Å². The normalized spacial score (nSPS) is 11.5. The van der Waals surface area contributed by atoms with E-state index in [1.165, 1.54) is 13.0 Å². The van der Waals surface area contributed by atoms with Crippen LogP contribution >= 0.6 is 0 Å².